The molecule has 3 heterocycles. The fraction of sp³-hybridized carbons (Fsp3) is 0.333. The number of allylic oxidation sites excluding steroid dienone is 4. The number of methoxy groups -OCH3 is 1. The van der Waals surface area contributed by atoms with Gasteiger partial charge in [0.15, 0.2) is 0 Å². The Morgan fingerprint density at radius 2 is 1.10 bits per heavy atom. The van der Waals surface area contributed by atoms with E-state index in [0.717, 1.165) is 90.9 Å². The summed E-state index contributed by atoms with van der Waals surface area (Å²) >= 11 is 0. The first kappa shape index (κ1) is 34.6. The van der Waals surface area contributed by atoms with Crippen molar-refractivity contribution in [3.05, 3.63) is 108 Å². The molecule has 0 unspecified atom stereocenters. The van der Waals surface area contributed by atoms with Gasteiger partial charge < -0.3 is 28.4 Å². The lowest BCUT2D eigenvalue weighted by Gasteiger charge is -2.20. The highest BCUT2D eigenvalue weighted by atomic mass is 16.5. The smallest absolute Gasteiger partial charge is 0.337 e. The van der Waals surface area contributed by atoms with E-state index in [1.54, 1.807) is 18.2 Å². The van der Waals surface area contributed by atoms with Crippen LogP contribution in [0.1, 0.15) is 67.3 Å². The number of hydrogen-bond donors (Lipinski definition) is 0. The molecule has 0 saturated heterocycles. The lowest BCUT2D eigenvalue weighted by molar-refractivity contribution is 0.0600. The summed E-state index contributed by atoms with van der Waals surface area (Å²) in [6.07, 6.45) is 16.1. The molecule has 2 aliphatic rings. The Morgan fingerprint density at radius 1 is 0.620 bits per heavy atom. The molecule has 0 spiro atoms. The van der Waals surface area contributed by atoms with Crippen LogP contribution in [-0.4, -0.2) is 44.5 Å². The van der Waals surface area contributed by atoms with Crippen molar-refractivity contribution >= 4 is 5.97 Å². The summed E-state index contributed by atoms with van der Waals surface area (Å²) in [7, 11) is 1.36. The Morgan fingerprint density at radius 3 is 1.64 bits per heavy atom. The zero-order chi connectivity index (χ0) is 34.4. The number of hydrogen-bond acceptors (Lipinski definition) is 8. The molecule has 0 atom stereocenters. The van der Waals surface area contributed by atoms with Crippen molar-refractivity contribution in [3.63, 3.8) is 0 Å². The van der Waals surface area contributed by atoms with Crippen molar-refractivity contribution < 1.29 is 33.2 Å². The van der Waals surface area contributed by atoms with Gasteiger partial charge in [0.25, 0.3) is 0 Å². The van der Waals surface area contributed by atoms with E-state index in [0.29, 0.717) is 49.2 Å². The zero-order valence-electron chi connectivity index (χ0n) is 28.7. The van der Waals surface area contributed by atoms with E-state index >= 15 is 0 Å². The van der Waals surface area contributed by atoms with Gasteiger partial charge in [-0.05, 0) is 112 Å². The Kier molecular flexibility index (Phi) is 12.4. The zero-order valence-corrected chi connectivity index (χ0v) is 28.7. The average molecular weight is 676 g/mol. The molecular weight excluding hydrogens is 630 g/mol. The van der Waals surface area contributed by atoms with Crippen molar-refractivity contribution in [1.82, 2.24) is 4.98 Å². The maximum atomic E-state index is 12.1. The number of benzene rings is 3. The van der Waals surface area contributed by atoms with Gasteiger partial charge in [0.05, 0.1) is 61.6 Å². The van der Waals surface area contributed by atoms with Crippen LogP contribution in [0.2, 0.25) is 0 Å². The second-order valence-corrected chi connectivity index (χ2v) is 12.2. The highest BCUT2D eigenvalue weighted by molar-refractivity contribution is 5.89. The van der Waals surface area contributed by atoms with Gasteiger partial charge in [0.2, 0.25) is 0 Å². The highest BCUT2D eigenvalue weighted by Crippen LogP contribution is 2.43. The molecule has 0 saturated carbocycles. The first-order valence-electron chi connectivity index (χ1n) is 17.6. The van der Waals surface area contributed by atoms with E-state index in [9.17, 15) is 4.79 Å². The molecule has 4 bridgehead atoms. The van der Waals surface area contributed by atoms with Crippen molar-refractivity contribution in [2.75, 3.05) is 33.5 Å². The third-order valence-corrected chi connectivity index (χ3v) is 8.46. The number of pyridine rings is 1. The third-order valence-electron chi connectivity index (χ3n) is 8.46. The van der Waals surface area contributed by atoms with Gasteiger partial charge in [-0.1, -0.05) is 42.5 Å². The van der Waals surface area contributed by atoms with Crippen LogP contribution in [0, 0.1) is 0 Å². The number of ether oxygens (including phenoxy) is 6. The fourth-order valence-corrected chi connectivity index (χ4v) is 5.93. The highest BCUT2D eigenvalue weighted by Gasteiger charge is 2.21. The molecule has 4 aromatic rings. The molecule has 50 heavy (non-hydrogen) atoms. The van der Waals surface area contributed by atoms with E-state index in [1.165, 1.54) is 7.11 Å². The normalized spacial score (nSPS) is 16.7. The molecular formula is C42H45NO7. The molecule has 260 valence electrons. The van der Waals surface area contributed by atoms with E-state index in [4.69, 9.17) is 33.4 Å². The molecule has 3 aromatic carbocycles. The maximum Gasteiger partial charge on any atom is 0.337 e. The minimum atomic E-state index is -0.415. The minimum absolute atomic E-state index is 0.238. The van der Waals surface area contributed by atoms with Crippen LogP contribution in [0.4, 0.5) is 0 Å². The Balaban J connectivity index is 1.44. The molecule has 0 fully saturated rings. The van der Waals surface area contributed by atoms with Gasteiger partial charge in [0, 0.05) is 0 Å². The monoisotopic (exact) mass is 675 g/mol. The second-order valence-electron chi connectivity index (χ2n) is 12.2. The first-order chi connectivity index (χ1) is 24.7. The van der Waals surface area contributed by atoms with Crippen LogP contribution >= 0.6 is 0 Å². The Bertz CT molecular complexity index is 1730. The Labute approximate surface area is 294 Å². The molecule has 2 aliphatic heterocycles. The van der Waals surface area contributed by atoms with Crippen LogP contribution < -0.4 is 23.7 Å². The third kappa shape index (κ3) is 9.26. The molecule has 1 aromatic heterocycles. The average Bonchev–Trinajstić information content (AvgIpc) is 3.14. The van der Waals surface area contributed by atoms with Crippen molar-refractivity contribution in [3.8, 4) is 51.3 Å². The van der Waals surface area contributed by atoms with Gasteiger partial charge in [-0.3, -0.25) is 0 Å². The standard InChI is InChI=1S/C42H45NO7/c1-45-42(44)32-17-14-18-33(29-32)50-30-31-27-38-41-35-20-15-19-34(43-35)40-36(46-23-10-6-2-4-8-12-25-48-38)21-16-22-37(40)47-24-11-7-3-5-9-13-26-49-39(41)28-31/h2-5,14-22,27-29H,6-13,23-26,30H2,1H3/b4-2+,5-3+. The van der Waals surface area contributed by atoms with Crippen LogP contribution in [-0.2, 0) is 11.3 Å². The van der Waals surface area contributed by atoms with Crippen molar-refractivity contribution in [2.24, 2.45) is 0 Å². The molecule has 0 N–H and O–H groups in total. The summed E-state index contributed by atoms with van der Waals surface area (Å²) in [6, 6.07) is 22.9. The first-order valence-corrected chi connectivity index (χ1v) is 17.6. The molecule has 6 rings (SSSR count). The molecule has 0 amide bonds. The van der Waals surface area contributed by atoms with Gasteiger partial charge in [-0.15, -0.1) is 0 Å². The SMILES string of the molecule is COC(=O)c1cccc(OCc2cc3c4c(c2)OCCC/C=C/CCCOc2cccc(c2-c2cccc-4n2)OCCC/C=C/CCCO3)c1. The molecule has 8 nitrogen and oxygen atoms in total. The van der Waals surface area contributed by atoms with Crippen LogP contribution in [0.3, 0.4) is 0 Å². The maximum absolute atomic E-state index is 12.1. The number of nitrogens with zero attached hydrogens (tertiary/aromatic N) is 1. The van der Waals surface area contributed by atoms with Crippen LogP contribution in [0.15, 0.2) is 97.1 Å². The fourth-order valence-electron chi connectivity index (χ4n) is 5.93. The van der Waals surface area contributed by atoms with E-state index in [2.05, 4.69) is 24.3 Å². The summed E-state index contributed by atoms with van der Waals surface area (Å²) in [5.41, 5.74) is 4.37. The minimum Gasteiger partial charge on any atom is -0.493 e. The summed E-state index contributed by atoms with van der Waals surface area (Å²) in [5, 5.41) is 0. The number of aromatic nitrogens is 1. The predicted molar refractivity (Wildman–Crippen MR) is 194 cm³/mol. The second kappa shape index (κ2) is 18.0. The number of rotatable bonds is 4. The van der Waals surface area contributed by atoms with E-state index in [1.807, 2.05) is 54.6 Å². The van der Waals surface area contributed by atoms with Crippen LogP contribution in [0.5, 0.6) is 28.7 Å². The quantitative estimate of drug-likeness (QED) is 0.156. The molecule has 0 aliphatic carbocycles. The lowest BCUT2D eigenvalue weighted by Crippen LogP contribution is -2.06. The molecule has 0 radical (unpaired) electrons. The Hall–Kier alpha value is -5.24. The molecule has 8 heteroatoms. The van der Waals surface area contributed by atoms with E-state index < -0.39 is 5.97 Å². The van der Waals surface area contributed by atoms with Crippen molar-refractivity contribution in [1.29, 1.82) is 0 Å². The lowest BCUT2D eigenvalue weighted by atomic mass is 10.0. The largest absolute Gasteiger partial charge is 0.493 e. The number of carbonyl (C=O) groups excluding carboxylic acids is 1. The summed E-state index contributed by atoms with van der Waals surface area (Å²) < 4.78 is 37.0. The number of carbonyl (C=O) groups is 1. The van der Waals surface area contributed by atoms with Gasteiger partial charge in [-0.2, -0.15) is 0 Å². The van der Waals surface area contributed by atoms with Gasteiger partial charge >= 0.3 is 5.97 Å². The predicted octanol–water partition coefficient (Wildman–Crippen LogP) is 9.56. The van der Waals surface area contributed by atoms with Crippen LogP contribution in [0.25, 0.3) is 22.5 Å². The van der Waals surface area contributed by atoms with Gasteiger partial charge in [0.1, 0.15) is 35.4 Å². The van der Waals surface area contributed by atoms with Gasteiger partial charge in [-0.25, -0.2) is 9.78 Å². The summed E-state index contributed by atoms with van der Waals surface area (Å²) in [6.45, 7) is 2.47. The van der Waals surface area contributed by atoms with Crippen molar-refractivity contribution in [2.45, 2.75) is 58.0 Å². The van der Waals surface area contributed by atoms with E-state index in [-0.39, 0.29) is 6.61 Å². The number of esters is 1. The summed E-state index contributed by atoms with van der Waals surface area (Å²) in [5.74, 6) is 2.97. The summed E-state index contributed by atoms with van der Waals surface area (Å²) in [4.78, 5) is 17.4. The topological polar surface area (TPSA) is 85.3 Å².